The van der Waals surface area contributed by atoms with Crippen LogP contribution in [-0.4, -0.2) is 43.4 Å². The van der Waals surface area contributed by atoms with Gasteiger partial charge in [-0.2, -0.15) is 4.31 Å². The van der Waals surface area contributed by atoms with Gasteiger partial charge in [-0.25, -0.2) is 8.42 Å². The predicted molar refractivity (Wildman–Crippen MR) is 125 cm³/mol. The topological polar surface area (TPSA) is 87.7 Å². The Kier molecular flexibility index (Phi) is 7.64. The third kappa shape index (κ3) is 6.25. The summed E-state index contributed by atoms with van der Waals surface area (Å²) < 4.78 is 32.3. The summed E-state index contributed by atoms with van der Waals surface area (Å²) in [6, 6.07) is 13.2. The maximum Gasteiger partial charge on any atom is 0.257 e. The summed E-state index contributed by atoms with van der Waals surface area (Å²) in [5.74, 6) is 0.641. The Labute approximate surface area is 188 Å². The zero-order chi connectivity index (χ0) is 22.4. The van der Waals surface area contributed by atoms with Gasteiger partial charge in [0.25, 0.3) is 5.91 Å². The summed E-state index contributed by atoms with van der Waals surface area (Å²) in [5, 5.41) is 5.65. The van der Waals surface area contributed by atoms with Crippen molar-refractivity contribution in [2.75, 3.05) is 25.0 Å². The van der Waals surface area contributed by atoms with Crippen LogP contribution in [0.15, 0.2) is 53.4 Å². The van der Waals surface area contributed by atoms with E-state index in [2.05, 4.69) is 24.5 Å². The van der Waals surface area contributed by atoms with Crippen LogP contribution in [0.2, 0.25) is 0 Å². The molecule has 0 aromatic heterocycles. The minimum atomic E-state index is -3.46. The number of anilines is 1. The van der Waals surface area contributed by atoms with Crippen molar-refractivity contribution >= 4 is 38.9 Å². The fraction of sp³-hybridized carbons (Fsp3) is 0.364. The van der Waals surface area contributed by atoms with Gasteiger partial charge in [-0.1, -0.05) is 19.9 Å². The van der Waals surface area contributed by atoms with E-state index in [-0.39, 0.29) is 15.9 Å². The molecule has 31 heavy (non-hydrogen) atoms. The molecule has 1 amide bonds. The molecule has 0 atom stereocenters. The van der Waals surface area contributed by atoms with Gasteiger partial charge in [0.05, 0.1) is 11.5 Å². The smallest absolute Gasteiger partial charge is 0.257 e. The quantitative estimate of drug-likeness (QED) is 0.612. The molecular formula is C22H27N3O4S2. The van der Waals surface area contributed by atoms with Gasteiger partial charge in [0.1, 0.15) is 5.75 Å². The van der Waals surface area contributed by atoms with Gasteiger partial charge in [-0.3, -0.25) is 10.1 Å². The Balaban J connectivity index is 1.58. The number of rotatable bonds is 7. The second-order valence-electron chi connectivity index (χ2n) is 7.78. The molecule has 3 rings (SSSR count). The lowest BCUT2D eigenvalue weighted by Gasteiger charge is -2.16. The summed E-state index contributed by atoms with van der Waals surface area (Å²) in [6.45, 7) is 5.78. The van der Waals surface area contributed by atoms with Gasteiger partial charge in [-0.05, 0) is 73.4 Å². The summed E-state index contributed by atoms with van der Waals surface area (Å²) in [5.41, 5.74) is 1.01. The van der Waals surface area contributed by atoms with Gasteiger partial charge in [0.15, 0.2) is 5.11 Å². The molecule has 0 saturated carbocycles. The molecule has 2 aromatic carbocycles. The van der Waals surface area contributed by atoms with Crippen molar-refractivity contribution in [1.82, 2.24) is 9.62 Å². The number of thiocarbonyl (C=S) groups is 1. The van der Waals surface area contributed by atoms with Crippen LogP contribution in [0.3, 0.4) is 0 Å². The molecule has 166 valence electrons. The maximum atomic E-state index is 12.6. The van der Waals surface area contributed by atoms with Gasteiger partial charge in [0.2, 0.25) is 10.0 Å². The Bertz CT molecular complexity index is 1030. The average molecular weight is 462 g/mol. The van der Waals surface area contributed by atoms with Crippen molar-refractivity contribution in [2.45, 2.75) is 31.6 Å². The SMILES string of the molecule is CC(C)COc1cccc(C(=O)NC(=S)Nc2ccc(S(=O)(=O)N3CCCC3)cc2)c1. The fourth-order valence-electron chi connectivity index (χ4n) is 3.12. The van der Waals surface area contributed by atoms with E-state index in [4.69, 9.17) is 17.0 Å². The highest BCUT2D eigenvalue weighted by atomic mass is 32.2. The van der Waals surface area contributed by atoms with E-state index in [1.165, 1.54) is 16.4 Å². The van der Waals surface area contributed by atoms with E-state index in [0.717, 1.165) is 12.8 Å². The first-order valence-corrected chi connectivity index (χ1v) is 12.1. The number of amides is 1. The molecule has 2 aromatic rings. The van der Waals surface area contributed by atoms with Crippen molar-refractivity contribution < 1.29 is 17.9 Å². The molecule has 1 heterocycles. The molecule has 0 aliphatic carbocycles. The molecule has 2 N–H and O–H groups in total. The van der Waals surface area contributed by atoms with Crippen molar-refractivity contribution in [3.8, 4) is 5.75 Å². The van der Waals surface area contributed by atoms with Crippen molar-refractivity contribution in [3.05, 3.63) is 54.1 Å². The molecule has 1 fully saturated rings. The van der Waals surface area contributed by atoms with Crippen LogP contribution in [0.5, 0.6) is 5.75 Å². The van der Waals surface area contributed by atoms with Crippen molar-refractivity contribution in [2.24, 2.45) is 5.92 Å². The first kappa shape index (κ1) is 23.2. The number of benzene rings is 2. The summed E-state index contributed by atoms with van der Waals surface area (Å²) in [6.07, 6.45) is 1.78. The standard InChI is InChI=1S/C22H27N3O4S2/c1-16(2)15-29-19-7-5-6-17(14-19)21(26)24-22(30)23-18-8-10-20(11-9-18)31(27,28)25-12-3-4-13-25/h5-11,14,16H,3-4,12-13,15H2,1-2H3,(H2,23,24,26,30). The summed E-state index contributed by atoms with van der Waals surface area (Å²) in [7, 11) is -3.46. The lowest BCUT2D eigenvalue weighted by Crippen LogP contribution is -2.34. The Hall–Kier alpha value is -2.49. The van der Waals surface area contributed by atoms with Crippen LogP contribution in [0.1, 0.15) is 37.0 Å². The third-order valence-electron chi connectivity index (χ3n) is 4.72. The van der Waals surface area contributed by atoms with E-state index < -0.39 is 10.0 Å². The third-order valence-corrected chi connectivity index (χ3v) is 6.84. The van der Waals surface area contributed by atoms with Gasteiger partial charge < -0.3 is 10.1 Å². The van der Waals surface area contributed by atoms with Gasteiger partial charge in [-0.15, -0.1) is 0 Å². The van der Waals surface area contributed by atoms with E-state index in [1.807, 2.05) is 0 Å². The molecule has 7 nitrogen and oxygen atoms in total. The predicted octanol–water partition coefficient (Wildman–Crippen LogP) is 3.63. The molecular weight excluding hydrogens is 434 g/mol. The van der Waals surface area contributed by atoms with E-state index >= 15 is 0 Å². The molecule has 0 spiro atoms. The average Bonchev–Trinajstić information content (AvgIpc) is 3.28. The summed E-state index contributed by atoms with van der Waals surface area (Å²) >= 11 is 5.22. The van der Waals surface area contributed by atoms with Crippen LogP contribution < -0.4 is 15.4 Å². The number of carbonyl (C=O) groups excluding carboxylic acids is 1. The molecule has 1 aliphatic rings. The molecule has 1 aliphatic heterocycles. The largest absolute Gasteiger partial charge is 0.493 e. The maximum absolute atomic E-state index is 12.6. The van der Waals surface area contributed by atoms with E-state index in [9.17, 15) is 13.2 Å². The van der Waals surface area contributed by atoms with Crippen LogP contribution >= 0.6 is 12.2 Å². The van der Waals surface area contributed by atoms with Crippen LogP contribution in [0.25, 0.3) is 0 Å². The van der Waals surface area contributed by atoms with Crippen molar-refractivity contribution in [1.29, 1.82) is 0 Å². The second kappa shape index (κ2) is 10.2. The van der Waals surface area contributed by atoms with Crippen LogP contribution in [-0.2, 0) is 10.0 Å². The lowest BCUT2D eigenvalue weighted by atomic mass is 10.2. The summed E-state index contributed by atoms with van der Waals surface area (Å²) in [4.78, 5) is 12.7. The number of ether oxygens (including phenoxy) is 1. The molecule has 0 radical (unpaired) electrons. The van der Waals surface area contributed by atoms with Gasteiger partial charge >= 0.3 is 0 Å². The Morgan fingerprint density at radius 3 is 2.45 bits per heavy atom. The van der Waals surface area contributed by atoms with Crippen LogP contribution in [0, 0.1) is 5.92 Å². The highest BCUT2D eigenvalue weighted by Gasteiger charge is 2.26. The second-order valence-corrected chi connectivity index (χ2v) is 10.1. The minimum absolute atomic E-state index is 0.119. The Morgan fingerprint density at radius 1 is 1.13 bits per heavy atom. The van der Waals surface area contributed by atoms with E-state index in [0.29, 0.717) is 42.6 Å². The number of carbonyl (C=O) groups is 1. The first-order chi connectivity index (χ1) is 14.8. The molecule has 9 heteroatoms. The minimum Gasteiger partial charge on any atom is -0.493 e. The van der Waals surface area contributed by atoms with Crippen LogP contribution in [0.4, 0.5) is 5.69 Å². The molecule has 0 unspecified atom stereocenters. The lowest BCUT2D eigenvalue weighted by molar-refractivity contribution is 0.0977. The van der Waals surface area contributed by atoms with E-state index in [1.54, 1.807) is 36.4 Å². The molecule has 0 bridgehead atoms. The number of nitrogens with one attached hydrogen (secondary N) is 2. The number of hydrogen-bond donors (Lipinski definition) is 2. The fourth-order valence-corrected chi connectivity index (χ4v) is 4.84. The number of hydrogen-bond acceptors (Lipinski definition) is 5. The first-order valence-electron chi connectivity index (χ1n) is 10.2. The number of nitrogens with zero attached hydrogens (tertiary/aromatic N) is 1. The number of sulfonamides is 1. The normalized spacial score (nSPS) is 14.4. The zero-order valence-electron chi connectivity index (χ0n) is 17.6. The molecule has 1 saturated heterocycles. The Morgan fingerprint density at radius 2 is 1.81 bits per heavy atom. The highest BCUT2D eigenvalue weighted by molar-refractivity contribution is 7.89. The van der Waals surface area contributed by atoms with Crippen molar-refractivity contribution in [3.63, 3.8) is 0 Å². The highest BCUT2D eigenvalue weighted by Crippen LogP contribution is 2.22. The monoisotopic (exact) mass is 461 g/mol. The van der Waals surface area contributed by atoms with Gasteiger partial charge in [0, 0.05) is 24.3 Å². The zero-order valence-corrected chi connectivity index (χ0v) is 19.3.